The van der Waals surface area contributed by atoms with Gasteiger partial charge in [0, 0.05) is 18.7 Å². The molecule has 0 radical (unpaired) electrons. The van der Waals surface area contributed by atoms with Crippen molar-refractivity contribution in [3.63, 3.8) is 0 Å². The van der Waals surface area contributed by atoms with Crippen molar-refractivity contribution in [3.05, 3.63) is 34.4 Å². The second-order valence-corrected chi connectivity index (χ2v) is 6.68. The average Bonchev–Trinajstić information content (AvgIpc) is 2.64. The van der Waals surface area contributed by atoms with Crippen molar-refractivity contribution in [3.8, 4) is 0 Å². The van der Waals surface area contributed by atoms with Crippen LogP contribution in [0.4, 0.5) is 5.69 Å². The second kappa shape index (κ2) is 5.86. The van der Waals surface area contributed by atoms with E-state index in [0.717, 1.165) is 25.3 Å². The van der Waals surface area contributed by atoms with Gasteiger partial charge in [-0.05, 0) is 18.9 Å². The van der Waals surface area contributed by atoms with Crippen LogP contribution >= 0.6 is 0 Å². The van der Waals surface area contributed by atoms with Crippen molar-refractivity contribution in [2.75, 3.05) is 6.54 Å². The molecule has 1 aliphatic rings. The van der Waals surface area contributed by atoms with Gasteiger partial charge in [-0.25, -0.2) is 8.42 Å². The molecule has 20 heavy (non-hydrogen) atoms. The Labute approximate surface area is 117 Å². The topological polar surface area (TPSA) is 107 Å². The molecule has 110 valence electrons. The minimum Gasteiger partial charge on any atom is -0.315 e. The van der Waals surface area contributed by atoms with Crippen LogP contribution in [0.2, 0.25) is 0 Å². The van der Waals surface area contributed by atoms with Crippen LogP contribution in [0.5, 0.6) is 0 Å². The zero-order valence-corrected chi connectivity index (χ0v) is 11.8. The monoisotopic (exact) mass is 299 g/mol. The highest BCUT2D eigenvalue weighted by Gasteiger charge is 2.31. The summed E-state index contributed by atoms with van der Waals surface area (Å²) in [7, 11) is -3.79. The Morgan fingerprint density at radius 2 is 2.05 bits per heavy atom. The van der Waals surface area contributed by atoms with Crippen molar-refractivity contribution in [2.45, 2.75) is 36.7 Å². The number of benzene rings is 1. The number of hydrogen-bond acceptors (Lipinski definition) is 5. The van der Waals surface area contributed by atoms with Crippen LogP contribution in [0.15, 0.2) is 29.2 Å². The molecule has 0 amide bonds. The maximum Gasteiger partial charge on any atom is 0.270 e. The van der Waals surface area contributed by atoms with E-state index < -0.39 is 21.1 Å². The number of nitro benzene ring substituents is 1. The summed E-state index contributed by atoms with van der Waals surface area (Å²) in [6.07, 6.45) is 2.62. The van der Waals surface area contributed by atoms with E-state index >= 15 is 0 Å². The van der Waals surface area contributed by atoms with E-state index in [0.29, 0.717) is 13.0 Å². The molecule has 1 saturated heterocycles. The Kier molecular flexibility index (Phi) is 4.36. The zero-order chi connectivity index (χ0) is 14.8. The van der Waals surface area contributed by atoms with Gasteiger partial charge in [0.2, 0.25) is 10.0 Å². The molecule has 0 aromatic heterocycles. The lowest BCUT2D eigenvalue weighted by Crippen LogP contribution is -2.45. The van der Waals surface area contributed by atoms with E-state index in [9.17, 15) is 18.5 Å². The Hall–Kier alpha value is -1.51. The highest BCUT2D eigenvalue weighted by atomic mass is 32.2. The van der Waals surface area contributed by atoms with Crippen molar-refractivity contribution in [1.29, 1.82) is 0 Å². The van der Waals surface area contributed by atoms with Gasteiger partial charge in [-0.2, -0.15) is 4.31 Å². The summed E-state index contributed by atoms with van der Waals surface area (Å²) in [5, 5.41) is 10.7. The highest BCUT2D eigenvalue weighted by molar-refractivity contribution is 7.89. The first-order valence-electron chi connectivity index (χ1n) is 6.45. The molecule has 2 rings (SSSR count). The molecule has 0 spiro atoms. The highest BCUT2D eigenvalue weighted by Crippen LogP contribution is 2.25. The van der Waals surface area contributed by atoms with Gasteiger partial charge < -0.3 is 5.73 Å². The number of nitrogens with zero attached hydrogens (tertiary/aromatic N) is 2. The Bertz CT molecular complexity index is 602. The molecule has 1 heterocycles. The SMILES string of the molecule is NC1CCCCCN1S(=O)(=O)c1cccc([N+](=O)[O-])c1. The molecular weight excluding hydrogens is 282 g/mol. The third-order valence-corrected chi connectivity index (χ3v) is 5.30. The first-order chi connectivity index (χ1) is 9.43. The lowest BCUT2D eigenvalue weighted by Gasteiger charge is -2.25. The molecule has 1 aromatic carbocycles. The van der Waals surface area contributed by atoms with Crippen molar-refractivity contribution >= 4 is 15.7 Å². The first kappa shape index (κ1) is 14.9. The van der Waals surface area contributed by atoms with Crippen molar-refractivity contribution in [1.82, 2.24) is 4.31 Å². The fourth-order valence-electron chi connectivity index (χ4n) is 2.30. The summed E-state index contributed by atoms with van der Waals surface area (Å²) in [6.45, 7) is 0.353. The molecule has 1 aromatic rings. The Morgan fingerprint density at radius 1 is 1.30 bits per heavy atom. The minimum absolute atomic E-state index is 0.0796. The van der Waals surface area contributed by atoms with E-state index in [2.05, 4.69) is 0 Å². The van der Waals surface area contributed by atoms with Crippen LogP contribution in [0.25, 0.3) is 0 Å². The smallest absolute Gasteiger partial charge is 0.270 e. The molecule has 1 aliphatic heterocycles. The van der Waals surface area contributed by atoms with E-state index in [1.807, 2.05) is 0 Å². The normalized spacial score (nSPS) is 21.4. The molecule has 0 aliphatic carbocycles. The van der Waals surface area contributed by atoms with Crippen LogP contribution < -0.4 is 5.73 Å². The molecule has 1 atom stereocenters. The van der Waals surface area contributed by atoms with Gasteiger partial charge in [0.25, 0.3) is 5.69 Å². The molecule has 0 bridgehead atoms. The lowest BCUT2D eigenvalue weighted by atomic mass is 10.2. The zero-order valence-electron chi connectivity index (χ0n) is 10.9. The molecule has 7 nitrogen and oxygen atoms in total. The summed E-state index contributed by atoms with van der Waals surface area (Å²) in [4.78, 5) is 10.1. The van der Waals surface area contributed by atoms with Gasteiger partial charge in [0.1, 0.15) is 0 Å². The van der Waals surface area contributed by atoms with E-state index in [1.165, 1.54) is 22.5 Å². The first-order valence-corrected chi connectivity index (χ1v) is 7.89. The summed E-state index contributed by atoms with van der Waals surface area (Å²) >= 11 is 0. The molecule has 0 saturated carbocycles. The predicted molar refractivity (Wildman–Crippen MR) is 73.4 cm³/mol. The van der Waals surface area contributed by atoms with Crippen LogP contribution in [0.1, 0.15) is 25.7 Å². The van der Waals surface area contributed by atoms with Gasteiger partial charge in [-0.15, -0.1) is 0 Å². The maximum atomic E-state index is 12.5. The number of rotatable bonds is 3. The average molecular weight is 299 g/mol. The number of hydrogen-bond donors (Lipinski definition) is 1. The largest absolute Gasteiger partial charge is 0.315 e. The van der Waals surface area contributed by atoms with Crippen LogP contribution in [-0.2, 0) is 10.0 Å². The number of nitrogens with two attached hydrogens (primary N) is 1. The third kappa shape index (κ3) is 2.97. The minimum atomic E-state index is -3.79. The Morgan fingerprint density at radius 3 is 2.75 bits per heavy atom. The predicted octanol–water partition coefficient (Wildman–Crippen LogP) is 1.44. The van der Waals surface area contributed by atoms with Crippen molar-refractivity contribution < 1.29 is 13.3 Å². The quantitative estimate of drug-likeness (QED) is 0.671. The van der Waals surface area contributed by atoms with E-state index in [-0.39, 0.29) is 10.6 Å². The van der Waals surface area contributed by atoms with Gasteiger partial charge in [0.05, 0.1) is 16.0 Å². The summed E-state index contributed by atoms with van der Waals surface area (Å²) in [5.41, 5.74) is 5.67. The standard InChI is InChI=1S/C12H17N3O4S/c13-12-7-2-1-3-8-14(12)20(18,19)11-6-4-5-10(9-11)15(16)17/h4-6,9,12H,1-3,7-8,13H2. The van der Waals surface area contributed by atoms with Crippen LogP contribution in [0.3, 0.4) is 0 Å². The summed E-state index contributed by atoms with van der Waals surface area (Å²) < 4.78 is 26.3. The molecule has 8 heteroatoms. The van der Waals surface area contributed by atoms with Gasteiger partial charge in [0.15, 0.2) is 0 Å². The summed E-state index contributed by atoms with van der Waals surface area (Å²) in [5.74, 6) is 0. The lowest BCUT2D eigenvalue weighted by molar-refractivity contribution is -0.385. The molecule has 2 N–H and O–H groups in total. The van der Waals surface area contributed by atoms with Gasteiger partial charge in [-0.3, -0.25) is 10.1 Å². The van der Waals surface area contributed by atoms with E-state index in [1.54, 1.807) is 0 Å². The van der Waals surface area contributed by atoms with Crippen LogP contribution in [-0.4, -0.2) is 30.4 Å². The van der Waals surface area contributed by atoms with Gasteiger partial charge >= 0.3 is 0 Å². The van der Waals surface area contributed by atoms with Gasteiger partial charge in [-0.1, -0.05) is 18.9 Å². The van der Waals surface area contributed by atoms with Crippen LogP contribution in [0, 0.1) is 10.1 Å². The van der Waals surface area contributed by atoms with E-state index in [4.69, 9.17) is 5.73 Å². The number of non-ortho nitro benzene ring substituents is 1. The number of nitro groups is 1. The summed E-state index contributed by atoms with van der Waals surface area (Å²) in [6, 6.07) is 5.07. The fourth-order valence-corrected chi connectivity index (χ4v) is 3.92. The maximum absolute atomic E-state index is 12.5. The fraction of sp³-hybridized carbons (Fsp3) is 0.500. The molecular formula is C12H17N3O4S. The molecule has 1 unspecified atom stereocenters. The second-order valence-electron chi connectivity index (χ2n) is 4.79. The molecule has 1 fully saturated rings. The Balaban J connectivity index is 2.38. The third-order valence-electron chi connectivity index (χ3n) is 3.38. The van der Waals surface area contributed by atoms with Crippen molar-refractivity contribution in [2.24, 2.45) is 5.73 Å². The number of sulfonamides is 1.